The number of benzene rings is 3. The van der Waals surface area contributed by atoms with Gasteiger partial charge in [-0.1, -0.05) is 53.5 Å². The molecule has 9 heteroatoms. The zero-order valence-corrected chi connectivity index (χ0v) is 18.7. The standard InChI is InChI=1S/C23H18Cl2N4O3/c1-31-16-9-11-20(32-2)19(13-16)26-23(30)21-27-22(14-6-4-3-5-7-14)29(28-21)15-8-10-17(24)18(25)12-15/h3-13H,1-2H3,(H,26,30). The Hall–Kier alpha value is -3.55. The highest BCUT2D eigenvalue weighted by molar-refractivity contribution is 6.42. The molecule has 0 aliphatic heterocycles. The highest BCUT2D eigenvalue weighted by Crippen LogP contribution is 2.30. The van der Waals surface area contributed by atoms with Crippen molar-refractivity contribution in [1.29, 1.82) is 0 Å². The zero-order chi connectivity index (χ0) is 22.7. The van der Waals surface area contributed by atoms with Crippen molar-refractivity contribution in [1.82, 2.24) is 14.8 Å². The lowest BCUT2D eigenvalue weighted by atomic mass is 10.2. The van der Waals surface area contributed by atoms with Crippen LogP contribution in [-0.2, 0) is 0 Å². The van der Waals surface area contributed by atoms with Crippen molar-refractivity contribution in [2.75, 3.05) is 19.5 Å². The summed E-state index contributed by atoms with van der Waals surface area (Å²) >= 11 is 12.3. The molecule has 1 N–H and O–H groups in total. The molecule has 0 aliphatic carbocycles. The van der Waals surface area contributed by atoms with Crippen molar-refractivity contribution in [3.8, 4) is 28.6 Å². The molecule has 0 saturated heterocycles. The quantitative estimate of drug-likeness (QED) is 0.403. The number of hydrogen-bond donors (Lipinski definition) is 1. The molecular weight excluding hydrogens is 451 g/mol. The number of carbonyl (C=O) groups is 1. The number of anilines is 1. The fourth-order valence-electron chi connectivity index (χ4n) is 3.07. The highest BCUT2D eigenvalue weighted by atomic mass is 35.5. The van der Waals surface area contributed by atoms with Gasteiger partial charge in [-0.25, -0.2) is 9.67 Å². The molecule has 32 heavy (non-hydrogen) atoms. The van der Waals surface area contributed by atoms with Crippen LogP contribution in [0.15, 0.2) is 66.7 Å². The van der Waals surface area contributed by atoms with Gasteiger partial charge >= 0.3 is 0 Å². The molecule has 0 fully saturated rings. The van der Waals surface area contributed by atoms with Crippen LogP contribution in [0.25, 0.3) is 17.1 Å². The monoisotopic (exact) mass is 468 g/mol. The van der Waals surface area contributed by atoms with Crippen molar-refractivity contribution in [3.63, 3.8) is 0 Å². The van der Waals surface area contributed by atoms with E-state index in [-0.39, 0.29) is 5.82 Å². The first kappa shape index (κ1) is 21.7. The minimum absolute atomic E-state index is 0.0280. The Bertz CT molecular complexity index is 1280. The van der Waals surface area contributed by atoms with Crippen LogP contribution in [-0.4, -0.2) is 34.9 Å². The summed E-state index contributed by atoms with van der Waals surface area (Å²) in [6.07, 6.45) is 0. The minimum atomic E-state index is -0.507. The number of amides is 1. The maximum atomic E-state index is 13.0. The molecular formula is C23H18Cl2N4O3. The van der Waals surface area contributed by atoms with E-state index in [9.17, 15) is 4.79 Å². The van der Waals surface area contributed by atoms with E-state index in [1.54, 1.807) is 48.2 Å². The first-order chi connectivity index (χ1) is 15.5. The number of ether oxygens (including phenoxy) is 2. The molecule has 4 rings (SSSR count). The second-order valence-corrected chi connectivity index (χ2v) is 7.47. The third-order valence-corrected chi connectivity index (χ3v) is 5.38. The average molecular weight is 469 g/mol. The fourth-order valence-corrected chi connectivity index (χ4v) is 3.36. The van der Waals surface area contributed by atoms with E-state index in [0.29, 0.717) is 38.7 Å². The summed E-state index contributed by atoms with van der Waals surface area (Å²) in [7, 11) is 3.06. The largest absolute Gasteiger partial charge is 0.497 e. The molecule has 0 unspecified atom stereocenters. The lowest BCUT2D eigenvalue weighted by Gasteiger charge is -2.10. The highest BCUT2D eigenvalue weighted by Gasteiger charge is 2.20. The summed E-state index contributed by atoms with van der Waals surface area (Å²) in [5.74, 6) is 0.991. The fraction of sp³-hybridized carbons (Fsp3) is 0.0870. The van der Waals surface area contributed by atoms with E-state index < -0.39 is 5.91 Å². The molecule has 0 atom stereocenters. The molecule has 1 aromatic heterocycles. The lowest BCUT2D eigenvalue weighted by molar-refractivity contribution is 0.101. The molecule has 0 radical (unpaired) electrons. The van der Waals surface area contributed by atoms with Crippen molar-refractivity contribution in [3.05, 3.63) is 82.6 Å². The Balaban J connectivity index is 1.76. The van der Waals surface area contributed by atoms with Crippen LogP contribution >= 0.6 is 23.2 Å². The first-order valence-electron chi connectivity index (χ1n) is 9.51. The van der Waals surface area contributed by atoms with E-state index in [2.05, 4.69) is 15.4 Å². The number of carbonyl (C=O) groups excluding carboxylic acids is 1. The van der Waals surface area contributed by atoms with Crippen LogP contribution in [0.1, 0.15) is 10.6 Å². The normalized spacial score (nSPS) is 10.6. The van der Waals surface area contributed by atoms with Gasteiger partial charge in [-0.3, -0.25) is 4.79 Å². The molecule has 0 saturated carbocycles. The maximum absolute atomic E-state index is 13.0. The third kappa shape index (κ3) is 4.39. The molecule has 0 aliphatic rings. The molecule has 162 valence electrons. The second kappa shape index (κ2) is 9.30. The number of halogens is 2. The van der Waals surface area contributed by atoms with Gasteiger partial charge in [0.2, 0.25) is 5.82 Å². The Morgan fingerprint density at radius 3 is 2.41 bits per heavy atom. The van der Waals surface area contributed by atoms with Gasteiger partial charge < -0.3 is 14.8 Å². The number of rotatable bonds is 6. The molecule has 0 spiro atoms. The van der Waals surface area contributed by atoms with E-state index in [1.165, 1.54) is 7.11 Å². The maximum Gasteiger partial charge on any atom is 0.295 e. The number of hydrogen-bond acceptors (Lipinski definition) is 5. The second-order valence-electron chi connectivity index (χ2n) is 6.66. The van der Waals surface area contributed by atoms with Gasteiger partial charge in [0.1, 0.15) is 11.5 Å². The molecule has 3 aromatic carbocycles. The predicted octanol–water partition coefficient (Wildman–Crippen LogP) is 5.51. The third-order valence-electron chi connectivity index (χ3n) is 4.64. The smallest absolute Gasteiger partial charge is 0.295 e. The van der Waals surface area contributed by atoms with Crippen molar-refractivity contribution < 1.29 is 14.3 Å². The van der Waals surface area contributed by atoms with Gasteiger partial charge in [-0.15, -0.1) is 5.10 Å². The molecule has 7 nitrogen and oxygen atoms in total. The van der Waals surface area contributed by atoms with Crippen LogP contribution in [0.5, 0.6) is 11.5 Å². The van der Waals surface area contributed by atoms with E-state index in [4.69, 9.17) is 32.7 Å². The number of methoxy groups -OCH3 is 2. The molecule has 1 amide bonds. The van der Waals surface area contributed by atoms with Gasteiger partial charge in [0.05, 0.1) is 35.6 Å². The first-order valence-corrected chi connectivity index (χ1v) is 10.3. The predicted molar refractivity (Wildman–Crippen MR) is 124 cm³/mol. The summed E-state index contributed by atoms with van der Waals surface area (Å²) in [6.45, 7) is 0. The van der Waals surface area contributed by atoms with Crippen molar-refractivity contribution in [2.45, 2.75) is 0 Å². The van der Waals surface area contributed by atoms with E-state index >= 15 is 0 Å². The summed E-state index contributed by atoms with van der Waals surface area (Å²) in [4.78, 5) is 17.5. The SMILES string of the molecule is COc1ccc(OC)c(NC(=O)c2nc(-c3ccccc3)n(-c3ccc(Cl)c(Cl)c3)n2)c1. The zero-order valence-electron chi connectivity index (χ0n) is 17.2. The van der Waals surface area contributed by atoms with Crippen LogP contribution in [0.3, 0.4) is 0 Å². The van der Waals surface area contributed by atoms with E-state index in [0.717, 1.165) is 5.56 Å². The summed E-state index contributed by atoms with van der Waals surface area (Å²) in [5.41, 5.74) is 1.83. The van der Waals surface area contributed by atoms with Crippen molar-refractivity contribution in [2.24, 2.45) is 0 Å². The molecule has 0 bridgehead atoms. The summed E-state index contributed by atoms with van der Waals surface area (Å²) < 4.78 is 12.1. The van der Waals surface area contributed by atoms with Gasteiger partial charge in [0.15, 0.2) is 5.82 Å². The lowest BCUT2D eigenvalue weighted by Crippen LogP contribution is -2.15. The summed E-state index contributed by atoms with van der Waals surface area (Å²) in [5, 5.41) is 8.01. The van der Waals surface area contributed by atoms with Gasteiger partial charge in [0, 0.05) is 11.6 Å². The number of aromatic nitrogens is 3. The number of nitrogens with zero attached hydrogens (tertiary/aromatic N) is 3. The van der Waals surface area contributed by atoms with Crippen molar-refractivity contribution >= 4 is 34.8 Å². The Kier molecular flexibility index (Phi) is 6.30. The van der Waals surface area contributed by atoms with E-state index in [1.807, 2.05) is 30.3 Å². The summed E-state index contributed by atoms with van der Waals surface area (Å²) in [6, 6.07) is 19.6. The Morgan fingerprint density at radius 2 is 1.72 bits per heavy atom. The molecule has 4 aromatic rings. The average Bonchev–Trinajstić information content (AvgIpc) is 3.27. The molecule has 1 heterocycles. The number of nitrogens with one attached hydrogen (secondary N) is 1. The van der Waals surface area contributed by atoms with Gasteiger partial charge in [0.25, 0.3) is 5.91 Å². The topological polar surface area (TPSA) is 78.3 Å². The van der Waals surface area contributed by atoms with Gasteiger partial charge in [-0.05, 0) is 30.3 Å². The van der Waals surface area contributed by atoms with Crippen LogP contribution < -0.4 is 14.8 Å². The minimum Gasteiger partial charge on any atom is -0.497 e. The van der Waals surface area contributed by atoms with Gasteiger partial charge in [-0.2, -0.15) is 0 Å². The van der Waals surface area contributed by atoms with Crippen LogP contribution in [0.4, 0.5) is 5.69 Å². The van der Waals surface area contributed by atoms with Crippen LogP contribution in [0, 0.1) is 0 Å². The Labute approximate surface area is 194 Å². The van der Waals surface area contributed by atoms with Crippen LogP contribution in [0.2, 0.25) is 10.0 Å². The Morgan fingerprint density at radius 1 is 0.938 bits per heavy atom.